The molecule has 0 bridgehead atoms. The number of carboxylic acid groups (broad SMARTS) is 1. The molecule has 5 rings (SSSR count). The summed E-state index contributed by atoms with van der Waals surface area (Å²) >= 11 is 0. The maximum atomic E-state index is 12.0. The molecule has 0 saturated carbocycles. The maximum absolute atomic E-state index is 12.0. The Labute approximate surface area is 162 Å². The molecule has 138 valence electrons. The SMILES string of the molecule is O=C([O-])c1ccccc1[C@@]1(c2ccccc2)[NH2+]CCc2c1[nH]c1ccccc21. The molecule has 4 nitrogen and oxygen atoms in total. The van der Waals surface area contributed by atoms with Crippen LogP contribution in [0.4, 0.5) is 0 Å². The smallest absolute Gasteiger partial charge is 0.189 e. The minimum absolute atomic E-state index is 0.231. The zero-order chi connectivity index (χ0) is 19.1. The predicted molar refractivity (Wildman–Crippen MR) is 106 cm³/mol. The van der Waals surface area contributed by atoms with E-state index in [2.05, 4.69) is 34.6 Å². The molecular weight excluding hydrogens is 348 g/mol. The van der Waals surface area contributed by atoms with Gasteiger partial charge in [0.2, 0.25) is 0 Å². The summed E-state index contributed by atoms with van der Waals surface area (Å²) in [7, 11) is 0. The Bertz CT molecular complexity index is 1180. The first-order chi connectivity index (χ1) is 13.7. The van der Waals surface area contributed by atoms with Gasteiger partial charge in [-0.05, 0) is 11.6 Å². The van der Waals surface area contributed by atoms with Gasteiger partial charge in [0, 0.05) is 34.0 Å². The minimum atomic E-state index is -1.15. The molecule has 0 spiro atoms. The van der Waals surface area contributed by atoms with E-state index < -0.39 is 11.5 Å². The minimum Gasteiger partial charge on any atom is -0.545 e. The molecule has 0 radical (unpaired) electrons. The van der Waals surface area contributed by atoms with Crippen LogP contribution in [0.2, 0.25) is 0 Å². The Morgan fingerprint density at radius 3 is 2.46 bits per heavy atom. The van der Waals surface area contributed by atoms with Crippen LogP contribution in [0.1, 0.15) is 32.7 Å². The fourth-order valence-electron chi connectivity index (χ4n) is 4.70. The number of hydrogen-bond acceptors (Lipinski definition) is 2. The van der Waals surface area contributed by atoms with Crippen molar-refractivity contribution in [3.63, 3.8) is 0 Å². The molecule has 3 N–H and O–H groups in total. The number of carbonyl (C=O) groups is 1. The molecule has 4 heteroatoms. The van der Waals surface area contributed by atoms with Crippen molar-refractivity contribution >= 4 is 16.9 Å². The molecule has 1 aliphatic rings. The van der Waals surface area contributed by atoms with Crippen LogP contribution in [0.3, 0.4) is 0 Å². The van der Waals surface area contributed by atoms with Crippen LogP contribution < -0.4 is 10.4 Å². The Kier molecular flexibility index (Phi) is 3.81. The fraction of sp³-hybridized carbons (Fsp3) is 0.125. The molecule has 1 atom stereocenters. The van der Waals surface area contributed by atoms with E-state index in [1.54, 1.807) is 12.1 Å². The lowest BCUT2D eigenvalue weighted by Gasteiger charge is -2.37. The van der Waals surface area contributed by atoms with E-state index in [-0.39, 0.29) is 5.56 Å². The summed E-state index contributed by atoms with van der Waals surface area (Å²) in [5.74, 6) is -1.15. The van der Waals surface area contributed by atoms with Crippen LogP contribution in [0.15, 0.2) is 78.9 Å². The number of aromatic carboxylic acids is 1. The number of rotatable bonds is 3. The zero-order valence-corrected chi connectivity index (χ0v) is 15.3. The van der Waals surface area contributed by atoms with Gasteiger partial charge >= 0.3 is 0 Å². The van der Waals surface area contributed by atoms with Crippen molar-refractivity contribution in [1.82, 2.24) is 4.98 Å². The summed E-state index contributed by atoms with van der Waals surface area (Å²) in [5, 5.41) is 15.4. The average molecular weight is 368 g/mol. The van der Waals surface area contributed by atoms with Gasteiger partial charge in [-0.2, -0.15) is 0 Å². The average Bonchev–Trinajstić information content (AvgIpc) is 3.13. The second kappa shape index (κ2) is 6.36. The molecule has 1 aliphatic heterocycles. The molecule has 28 heavy (non-hydrogen) atoms. The Balaban J connectivity index is 1.91. The lowest BCUT2D eigenvalue weighted by molar-refractivity contribution is -0.720. The van der Waals surface area contributed by atoms with Gasteiger partial charge in [-0.25, -0.2) is 0 Å². The van der Waals surface area contributed by atoms with Crippen molar-refractivity contribution in [2.75, 3.05) is 6.54 Å². The number of benzene rings is 3. The summed E-state index contributed by atoms with van der Waals surface area (Å²) in [6, 6.07) is 25.6. The van der Waals surface area contributed by atoms with E-state index in [4.69, 9.17) is 0 Å². The summed E-state index contributed by atoms with van der Waals surface area (Å²) in [6.45, 7) is 0.866. The standard InChI is InChI=1S/C24H20N2O2/c27-23(28)19-11-4-6-12-20(19)24(16-8-2-1-3-9-16)22-18(14-15-25-24)17-10-5-7-13-21(17)26-22/h1-13,25-26H,14-15H2,(H,27,28)/t24-/m1/s1. The van der Waals surface area contributed by atoms with Gasteiger partial charge in [0.1, 0.15) is 0 Å². The number of hydrogen-bond donors (Lipinski definition) is 2. The third kappa shape index (κ3) is 2.31. The summed E-state index contributed by atoms with van der Waals surface area (Å²) in [5.41, 5.74) is 4.76. The summed E-state index contributed by atoms with van der Waals surface area (Å²) < 4.78 is 0. The number of aromatic nitrogens is 1. The zero-order valence-electron chi connectivity index (χ0n) is 15.3. The van der Waals surface area contributed by atoms with E-state index in [0.29, 0.717) is 0 Å². The van der Waals surface area contributed by atoms with Crippen molar-refractivity contribution in [1.29, 1.82) is 0 Å². The van der Waals surface area contributed by atoms with Gasteiger partial charge in [-0.1, -0.05) is 72.8 Å². The van der Waals surface area contributed by atoms with Crippen molar-refractivity contribution in [2.45, 2.75) is 12.0 Å². The number of carbonyl (C=O) groups excluding carboxylic acids is 1. The Morgan fingerprint density at radius 2 is 1.64 bits per heavy atom. The van der Waals surface area contributed by atoms with Crippen molar-refractivity contribution < 1.29 is 15.2 Å². The van der Waals surface area contributed by atoms with Crippen LogP contribution >= 0.6 is 0 Å². The van der Waals surface area contributed by atoms with Gasteiger partial charge in [0.05, 0.1) is 18.2 Å². The topological polar surface area (TPSA) is 72.5 Å². The second-order valence-electron chi connectivity index (χ2n) is 7.27. The van der Waals surface area contributed by atoms with Gasteiger partial charge in [-0.15, -0.1) is 0 Å². The Hall–Kier alpha value is -3.37. The highest BCUT2D eigenvalue weighted by atomic mass is 16.4. The maximum Gasteiger partial charge on any atom is 0.189 e. The molecule has 0 amide bonds. The molecule has 2 heterocycles. The number of carboxylic acids is 1. The molecule has 0 aliphatic carbocycles. The predicted octanol–water partition coefficient (Wildman–Crippen LogP) is 1.94. The lowest BCUT2D eigenvalue weighted by atomic mass is 9.74. The van der Waals surface area contributed by atoms with Crippen LogP contribution in [-0.2, 0) is 12.0 Å². The second-order valence-corrected chi connectivity index (χ2v) is 7.27. The summed E-state index contributed by atoms with van der Waals surface area (Å²) in [4.78, 5) is 15.6. The van der Waals surface area contributed by atoms with Crippen LogP contribution in [0.5, 0.6) is 0 Å². The first kappa shape index (κ1) is 16.8. The number of fused-ring (bicyclic) bond motifs is 3. The van der Waals surface area contributed by atoms with E-state index in [1.165, 1.54) is 10.9 Å². The van der Waals surface area contributed by atoms with E-state index >= 15 is 0 Å². The first-order valence-electron chi connectivity index (χ1n) is 9.52. The molecule has 4 aromatic rings. The molecular formula is C24H20N2O2. The lowest BCUT2D eigenvalue weighted by Crippen LogP contribution is -2.97. The van der Waals surface area contributed by atoms with E-state index in [0.717, 1.165) is 35.3 Å². The van der Waals surface area contributed by atoms with Gasteiger partial charge < -0.3 is 20.2 Å². The fourth-order valence-corrected chi connectivity index (χ4v) is 4.70. The number of quaternary nitrogens is 1. The largest absolute Gasteiger partial charge is 0.545 e. The summed E-state index contributed by atoms with van der Waals surface area (Å²) in [6.07, 6.45) is 0.932. The third-order valence-corrected chi connectivity index (χ3v) is 5.85. The highest BCUT2D eigenvalue weighted by molar-refractivity contribution is 5.90. The molecule has 0 unspecified atom stereocenters. The van der Waals surface area contributed by atoms with Gasteiger partial charge in [0.15, 0.2) is 5.54 Å². The van der Waals surface area contributed by atoms with Crippen LogP contribution in [-0.4, -0.2) is 17.5 Å². The highest BCUT2D eigenvalue weighted by Gasteiger charge is 2.47. The van der Waals surface area contributed by atoms with E-state index in [1.807, 2.05) is 42.5 Å². The quantitative estimate of drug-likeness (QED) is 0.580. The number of nitrogens with one attached hydrogen (secondary N) is 1. The highest BCUT2D eigenvalue weighted by Crippen LogP contribution is 2.40. The van der Waals surface area contributed by atoms with Gasteiger partial charge in [-0.3, -0.25) is 0 Å². The number of H-pyrrole nitrogens is 1. The molecule has 3 aromatic carbocycles. The van der Waals surface area contributed by atoms with E-state index in [9.17, 15) is 9.90 Å². The van der Waals surface area contributed by atoms with Crippen molar-refractivity contribution in [3.8, 4) is 0 Å². The molecule has 0 saturated heterocycles. The Morgan fingerprint density at radius 1 is 0.929 bits per heavy atom. The van der Waals surface area contributed by atoms with Crippen LogP contribution in [0.25, 0.3) is 10.9 Å². The number of para-hydroxylation sites is 1. The van der Waals surface area contributed by atoms with Crippen LogP contribution in [0, 0.1) is 0 Å². The normalized spacial score (nSPS) is 18.7. The number of nitrogens with two attached hydrogens (primary N) is 1. The first-order valence-corrected chi connectivity index (χ1v) is 9.52. The van der Waals surface area contributed by atoms with Gasteiger partial charge in [0.25, 0.3) is 0 Å². The number of aromatic amines is 1. The monoisotopic (exact) mass is 368 g/mol. The van der Waals surface area contributed by atoms with Crippen molar-refractivity contribution in [3.05, 3.63) is 107 Å². The van der Waals surface area contributed by atoms with Crippen molar-refractivity contribution in [2.24, 2.45) is 0 Å². The molecule has 0 fully saturated rings. The third-order valence-electron chi connectivity index (χ3n) is 5.85. The molecule has 1 aromatic heterocycles.